The van der Waals surface area contributed by atoms with Crippen molar-refractivity contribution in [2.24, 2.45) is 0 Å². The number of hydrogen-bond donors (Lipinski definition) is 1. The summed E-state index contributed by atoms with van der Waals surface area (Å²) in [7, 11) is 1.67. The Bertz CT molecular complexity index is 1080. The lowest BCUT2D eigenvalue weighted by atomic mass is 9.92. The molecule has 1 aliphatic rings. The smallest absolute Gasteiger partial charge is 0.253 e. The molecule has 0 saturated heterocycles. The van der Waals surface area contributed by atoms with Crippen LogP contribution in [0.15, 0.2) is 42.5 Å². The molecule has 1 heterocycles. The van der Waals surface area contributed by atoms with Crippen molar-refractivity contribution in [1.82, 2.24) is 9.47 Å². The first-order valence-electron chi connectivity index (χ1n) is 11.5. The van der Waals surface area contributed by atoms with Gasteiger partial charge in [0, 0.05) is 48.8 Å². The minimum atomic E-state index is 0.0620. The van der Waals surface area contributed by atoms with Gasteiger partial charge in [0.1, 0.15) is 12.4 Å². The first-order valence-corrected chi connectivity index (χ1v) is 11.5. The zero-order valence-corrected chi connectivity index (χ0v) is 19.3. The second-order valence-electron chi connectivity index (χ2n) is 8.29. The summed E-state index contributed by atoms with van der Waals surface area (Å²) in [5.41, 5.74) is 11.3. The number of rotatable bonds is 9. The van der Waals surface area contributed by atoms with Crippen LogP contribution in [-0.4, -0.2) is 48.8 Å². The van der Waals surface area contributed by atoms with Gasteiger partial charge in [-0.1, -0.05) is 12.1 Å². The number of hydrogen-bond acceptors (Lipinski definition) is 4. The maximum atomic E-state index is 12.7. The number of ether oxygens (including phenoxy) is 2. The molecule has 1 fully saturated rings. The molecule has 0 unspecified atom stereocenters. The summed E-state index contributed by atoms with van der Waals surface area (Å²) in [6, 6.07) is 14.4. The Balaban J connectivity index is 1.74. The molecule has 1 aromatic heterocycles. The minimum Gasteiger partial charge on any atom is -0.491 e. The van der Waals surface area contributed by atoms with Crippen molar-refractivity contribution in [2.45, 2.75) is 39.2 Å². The monoisotopic (exact) mass is 435 g/mol. The molecular formula is C26H33N3O3. The Labute approximate surface area is 189 Å². The highest BCUT2D eigenvalue weighted by molar-refractivity contribution is 6.02. The van der Waals surface area contributed by atoms with Gasteiger partial charge in [-0.05, 0) is 57.4 Å². The standard InChI is InChI=1S/C26H33N3O3/c1-4-28(5-2)26(30)19-11-9-18(10-12-19)25-24(27)22-14-13-21(32-16-15-31-3)17-23(22)29(25)20-7-6-8-20/h9-14,17,20H,4-8,15-16,27H2,1-3H3. The van der Waals surface area contributed by atoms with E-state index in [0.717, 1.165) is 46.4 Å². The number of anilines is 1. The second-order valence-corrected chi connectivity index (χ2v) is 8.29. The van der Waals surface area contributed by atoms with Crippen LogP contribution in [0.4, 0.5) is 5.69 Å². The van der Waals surface area contributed by atoms with Gasteiger partial charge >= 0.3 is 0 Å². The molecule has 6 nitrogen and oxygen atoms in total. The maximum Gasteiger partial charge on any atom is 0.253 e. The van der Waals surface area contributed by atoms with E-state index in [-0.39, 0.29) is 5.91 Å². The SMILES string of the molecule is CCN(CC)C(=O)c1ccc(-c2c(N)c3ccc(OCCOC)cc3n2C2CCC2)cc1. The number of amides is 1. The van der Waals surface area contributed by atoms with E-state index >= 15 is 0 Å². The van der Waals surface area contributed by atoms with E-state index < -0.39 is 0 Å². The van der Waals surface area contributed by atoms with E-state index in [0.29, 0.717) is 37.9 Å². The van der Waals surface area contributed by atoms with Gasteiger partial charge in [0.2, 0.25) is 0 Å². The van der Waals surface area contributed by atoms with Crippen LogP contribution in [-0.2, 0) is 4.74 Å². The number of methoxy groups -OCH3 is 1. The van der Waals surface area contributed by atoms with Gasteiger partial charge in [-0.25, -0.2) is 0 Å². The third kappa shape index (κ3) is 4.07. The van der Waals surface area contributed by atoms with Gasteiger partial charge in [0.05, 0.1) is 23.5 Å². The van der Waals surface area contributed by atoms with Crippen LogP contribution < -0.4 is 10.5 Å². The summed E-state index contributed by atoms with van der Waals surface area (Å²) in [6.45, 7) is 6.47. The largest absolute Gasteiger partial charge is 0.491 e. The van der Waals surface area contributed by atoms with Gasteiger partial charge in [-0.15, -0.1) is 0 Å². The van der Waals surface area contributed by atoms with Gasteiger partial charge in [0.25, 0.3) is 5.91 Å². The van der Waals surface area contributed by atoms with Crippen molar-refractivity contribution in [1.29, 1.82) is 0 Å². The molecule has 3 aromatic rings. The normalized spacial score (nSPS) is 13.8. The predicted molar refractivity (Wildman–Crippen MR) is 129 cm³/mol. The van der Waals surface area contributed by atoms with Crippen LogP contribution in [0, 0.1) is 0 Å². The molecule has 0 bridgehead atoms. The van der Waals surface area contributed by atoms with Gasteiger partial charge in [-0.3, -0.25) is 4.79 Å². The summed E-state index contributed by atoms with van der Waals surface area (Å²) in [6.07, 6.45) is 3.51. The molecule has 4 rings (SSSR count). The van der Waals surface area contributed by atoms with E-state index in [9.17, 15) is 4.79 Å². The highest BCUT2D eigenvalue weighted by Gasteiger charge is 2.27. The first-order chi connectivity index (χ1) is 15.6. The van der Waals surface area contributed by atoms with Gasteiger partial charge in [0.15, 0.2) is 0 Å². The lowest BCUT2D eigenvalue weighted by molar-refractivity contribution is 0.0773. The summed E-state index contributed by atoms with van der Waals surface area (Å²) in [5, 5.41) is 1.04. The summed E-state index contributed by atoms with van der Waals surface area (Å²) >= 11 is 0. The average molecular weight is 436 g/mol. The third-order valence-electron chi connectivity index (χ3n) is 6.47. The number of aromatic nitrogens is 1. The highest BCUT2D eigenvalue weighted by Crippen LogP contribution is 2.44. The Morgan fingerprint density at radius 1 is 1.09 bits per heavy atom. The third-order valence-corrected chi connectivity index (χ3v) is 6.47. The highest BCUT2D eigenvalue weighted by atomic mass is 16.5. The van der Waals surface area contributed by atoms with E-state index in [4.69, 9.17) is 15.2 Å². The molecule has 0 aliphatic heterocycles. The maximum absolute atomic E-state index is 12.7. The van der Waals surface area contributed by atoms with Crippen molar-refractivity contribution >= 4 is 22.5 Å². The minimum absolute atomic E-state index is 0.0620. The van der Waals surface area contributed by atoms with Gasteiger partial charge < -0.3 is 24.7 Å². The Morgan fingerprint density at radius 3 is 2.41 bits per heavy atom. The molecule has 170 valence electrons. The van der Waals surface area contributed by atoms with Crippen LogP contribution >= 0.6 is 0 Å². The van der Waals surface area contributed by atoms with Crippen LogP contribution in [0.3, 0.4) is 0 Å². The lowest BCUT2D eigenvalue weighted by Crippen LogP contribution is -2.30. The molecule has 0 atom stereocenters. The molecule has 6 heteroatoms. The van der Waals surface area contributed by atoms with Crippen molar-refractivity contribution in [3.63, 3.8) is 0 Å². The van der Waals surface area contributed by atoms with Gasteiger partial charge in [-0.2, -0.15) is 0 Å². The molecular weight excluding hydrogens is 402 g/mol. The van der Waals surface area contributed by atoms with Crippen LogP contribution in [0.5, 0.6) is 5.75 Å². The molecule has 32 heavy (non-hydrogen) atoms. The zero-order valence-electron chi connectivity index (χ0n) is 19.3. The number of nitrogen functional groups attached to an aromatic ring is 1. The first kappa shape index (κ1) is 22.2. The fraction of sp³-hybridized carbons (Fsp3) is 0.423. The molecule has 0 radical (unpaired) electrons. The van der Waals surface area contributed by atoms with Crippen molar-refractivity contribution in [2.75, 3.05) is 39.1 Å². The number of fused-ring (bicyclic) bond motifs is 1. The summed E-state index contributed by atoms with van der Waals surface area (Å²) in [4.78, 5) is 14.5. The van der Waals surface area contributed by atoms with Crippen LogP contribution in [0.1, 0.15) is 49.5 Å². The Kier molecular flexibility index (Phi) is 6.70. The van der Waals surface area contributed by atoms with Crippen molar-refractivity contribution in [3.8, 4) is 17.0 Å². The van der Waals surface area contributed by atoms with E-state index in [1.807, 2.05) is 55.1 Å². The Hall–Kier alpha value is -2.99. The van der Waals surface area contributed by atoms with E-state index in [2.05, 4.69) is 10.6 Å². The fourth-order valence-electron chi connectivity index (χ4n) is 4.43. The molecule has 2 N–H and O–H groups in total. The molecule has 1 aliphatic carbocycles. The predicted octanol–water partition coefficient (Wildman–Crippen LogP) is 5.12. The number of nitrogens with two attached hydrogens (primary N) is 1. The average Bonchev–Trinajstić information content (AvgIpc) is 3.05. The summed E-state index contributed by atoms with van der Waals surface area (Å²) in [5.74, 6) is 0.881. The lowest BCUT2D eigenvalue weighted by Gasteiger charge is -2.30. The molecule has 0 spiro atoms. The van der Waals surface area contributed by atoms with Crippen LogP contribution in [0.2, 0.25) is 0 Å². The zero-order chi connectivity index (χ0) is 22.7. The Morgan fingerprint density at radius 2 is 1.81 bits per heavy atom. The van der Waals surface area contributed by atoms with Crippen LogP contribution in [0.25, 0.3) is 22.2 Å². The topological polar surface area (TPSA) is 69.7 Å². The quantitative estimate of drug-likeness (QED) is 0.474. The van der Waals surface area contributed by atoms with Crippen molar-refractivity contribution in [3.05, 3.63) is 48.0 Å². The fourth-order valence-corrected chi connectivity index (χ4v) is 4.43. The number of carbonyl (C=O) groups is 1. The van der Waals surface area contributed by atoms with Crippen molar-refractivity contribution < 1.29 is 14.3 Å². The number of benzene rings is 2. The number of nitrogens with zero attached hydrogens (tertiary/aromatic N) is 2. The molecule has 1 saturated carbocycles. The van der Waals surface area contributed by atoms with E-state index in [1.165, 1.54) is 6.42 Å². The summed E-state index contributed by atoms with van der Waals surface area (Å²) < 4.78 is 13.3. The number of carbonyl (C=O) groups excluding carboxylic acids is 1. The van der Waals surface area contributed by atoms with E-state index in [1.54, 1.807) is 7.11 Å². The molecule has 2 aromatic carbocycles. The second kappa shape index (κ2) is 9.65. The molecule has 1 amide bonds.